The lowest BCUT2D eigenvalue weighted by Crippen LogP contribution is -2.49. The minimum Gasteiger partial charge on any atom is -0.367 e. The molecule has 162 valence electrons. The summed E-state index contributed by atoms with van der Waals surface area (Å²) >= 11 is 0. The largest absolute Gasteiger partial charge is 0.367 e. The summed E-state index contributed by atoms with van der Waals surface area (Å²) in [6.07, 6.45) is 1.82. The van der Waals surface area contributed by atoms with Gasteiger partial charge in [-0.3, -0.25) is 14.5 Å². The van der Waals surface area contributed by atoms with Crippen LogP contribution >= 0.6 is 0 Å². The number of rotatable bonds is 4. The Morgan fingerprint density at radius 3 is 2.53 bits per heavy atom. The van der Waals surface area contributed by atoms with E-state index in [0.717, 1.165) is 35.4 Å². The highest BCUT2D eigenvalue weighted by atomic mass is 16.2. The van der Waals surface area contributed by atoms with Crippen LogP contribution in [0.15, 0.2) is 66.9 Å². The molecule has 3 heterocycles. The molecule has 2 aromatic heterocycles. The third-order valence-electron chi connectivity index (χ3n) is 6.18. The van der Waals surface area contributed by atoms with E-state index in [-0.39, 0.29) is 5.91 Å². The first kappa shape index (κ1) is 20.2. The van der Waals surface area contributed by atoms with Crippen LogP contribution in [0.25, 0.3) is 22.0 Å². The number of nitrogens with zero attached hydrogens (tertiary/aromatic N) is 5. The van der Waals surface area contributed by atoms with Crippen LogP contribution in [0.3, 0.4) is 0 Å². The van der Waals surface area contributed by atoms with Gasteiger partial charge in [0.25, 0.3) is 0 Å². The van der Waals surface area contributed by atoms with Crippen molar-refractivity contribution in [2.75, 3.05) is 31.1 Å². The molecule has 4 aromatic rings. The van der Waals surface area contributed by atoms with Crippen LogP contribution in [0, 0.1) is 13.8 Å². The molecule has 0 radical (unpaired) electrons. The zero-order valence-electron chi connectivity index (χ0n) is 18.5. The molecule has 32 heavy (non-hydrogen) atoms. The Labute approximate surface area is 188 Å². The van der Waals surface area contributed by atoms with Crippen molar-refractivity contribution in [2.24, 2.45) is 0 Å². The second kappa shape index (κ2) is 8.46. The summed E-state index contributed by atoms with van der Waals surface area (Å²) in [4.78, 5) is 21.6. The Bertz CT molecular complexity index is 1270. The van der Waals surface area contributed by atoms with E-state index in [2.05, 4.69) is 63.5 Å². The van der Waals surface area contributed by atoms with Gasteiger partial charge in [0.1, 0.15) is 6.54 Å². The number of piperazine rings is 1. The average Bonchev–Trinajstić information content (AvgIpc) is 3.15. The number of anilines is 1. The molecule has 1 aliphatic rings. The molecule has 1 fully saturated rings. The summed E-state index contributed by atoms with van der Waals surface area (Å²) < 4.78 is 1.80. The first-order valence-corrected chi connectivity index (χ1v) is 11.1. The number of pyridine rings is 1. The predicted octanol–water partition coefficient (Wildman–Crippen LogP) is 4.06. The highest BCUT2D eigenvalue weighted by molar-refractivity contribution is 5.88. The van der Waals surface area contributed by atoms with Crippen molar-refractivity contribution >= 4 is 22.5 Å². The van der Waals surface area contributed by atoms with Gasteiger partial charge in [-0.15, -0.1) is 0 Å². The highest BCUT2D eigenvalue weighted by Crippen LogP contribution is 2.33. The molecule has 1 saturated heterocycles. The maximum atomic E-state index is 12.8. The van der Waals surface area contributed by atoms with E-state index in [0.29, 0.717) is 19.6 Å². The number of hydrogen-bond donors (Lipinski definition) is 0. The van der Waals surface area contributed by atoms with Gasteiger partial charge < -0.3 is 9.80 Å². The summed E-state index contributed by atoms with van der Waals surface area (Å²) in [5.41, 5.74) is 6.57. The number of para-hydroxylation sites is 1. The minimum absolute atomic E-state index is 0.131. The number of amides is 1. The summed E-state index contributed by atoms with van der Waals surface area (Å²) in [7, 11) is 0. The van der Waals surface area contributed by atoms with Crippen molar-refractivity contribution in [1.82, 2.24) is 19.7 Å². The van der Waals surface area contributed by atoms with E-state index >= 15 is 0 Å². The van der Waals surface area contributed by atoms with Crippen LogP contribution in [0.1, 0.15) is 11.4 Å². The second-order valence-electron chi connectivity index (χ2n) is 8.38. The van der Waals surface area contributed by atoms with Gasteiger partial charge in [-0.05, 0) is 49.7 Å². The quantitative estimate of drug-likeness (QED) is 0.495. The summed E-state index contributed by atoms with van der Waals surface area (Å²) in [5.74, 6) is 0.131. The summed E-state index contributed by atoms with van der Waals surface area (Å²) in [6.45, 7) is 7.31. The lowest BCUT2D eigenvalue weighted by Gasteiger charge is -2.37. The Balaban J connectivity index is 1.32. The van der Waals surface area contributed by atoms with Crippen molar-refractivity contribution in [1.29, 1.82) is 0 Å². The van der Waals surface area contributed by atoms with Crippen LogP contribution in [-0.2, 0) is 11.3 Å². The highest BCUT2D eigenvalue weighted by Gasteiger charge is 2.23. The molecule has 0 N–H and O–H groups in total. The fourth-order valence-corrected chi connectivity index (χ4v) is 4.50. The van der Waals surface area contributed by atoms with Crippen molar-refractivity contribution in [2.45, 2.75) is 20.4 Å². The fourth-order valence-electron chi connectivity index (χ4n) is 4.50. The molecule has 0 aliphatic carbocycles. The molecule has 6 nitrogen and oxygen atoms in total. The van der Waals surface area contributed by atoms with Gasteiger partial charge >= 0.3 is 0 Å². The predicted molar refractivity (Wildman–Crippen MR) is 128 cm³/mol. The molecule has 6 heteroatoms. The van der Waals surface area contributed by atoms with Gasteiger partial charge in [-0.1, -0.05) is 30.3 Å². The molecule has 0 bridgehead atoms. The first-order chi connectivity index (χ1) is 15.6. The number of carbonyl (C=O) groups is 1. The first-order valence-electron chi connectivity index (χ1n) is 11.1. The van der Waals surface area contributed by atoms with Crippen molar-refractivity contribution in [3.8, 4) is 11.1 Å². The van der Waals surface area contributed by atoms with E-state index in [1.165, 1.54) is 16.8 Å². The molecule has 0 atom stereocenters. The van der Waals surface area contributed by atoms with Crippen LogP contribution < -0.4 is 4.90 Å². The molecule has 0 spiro atoms. The minimum atomic E-state index is 0.131. The van der Waals surface area contributed by atoms with Crippen LogP contribution in [0.5, 0.6) is 0 Å². The number of aryl methyl sites for hydroxylation is 2. The second-order valence-corrected chi connectivity index (χ2v) is 8.38. The maximum absolute atomic E-state index is 12.8. The number of fused-ring (bicyclic) bond motifs is 1. The van der Waals surface area contributed by atoms with E-state index < -0.39 is 0 Å². The molecular formula is C26H27N5O. The van der Waals surface area contributed by atoms with Gasteiger partial charge in [0, 0.05) is 54.7 Å². The van der Waals surface area contributed by atoms with Crippen molar-refractivity contribution in [3.05, 3.63) is 78.2 Å². The Morgan fingerprint density at radius 1 is 0.938 bits per heavy atom. The van der Waals surface area contributed by atoms with Crippen LogP contribution in [-0.4, -0.2) is 51.8 Å². The summed E-state index contributed by atoms with van der Waals surface area (Å²) in [6, 6.07) is 21.0. The van der Waals surface area contributed by atoms with Crippen molar-refractivity contribution in [3.63, 3.8) is 0 Å². The van der Waals surface area contributed by atoms with E-state index in [1.807, 2.05) is 37.1 Å². The number of aromatic nitrogens is 3. The zero-order valence-corrected chi connectivity index (χ0v) is 18.5. The Morgan fingerprint density at radius 2 is 1.75 bits per heavy atom. The normalized spacial score (nSPS) is 14.2. The van der Waals surface area contributed by atoms with E-state index in [4.69, 9.17) is 0 Å². The third-order valence-corrected chi connectivity index (χ3v) is 6.18. The van der Waals surface area contributed by atoms with Crippen molar-refractivity contribution < 1.29 is 4.79 Å². The lowest BCUT2D eigenvalue weighted by molar-refractivity contribution is -0.132. The molecule has 2 aromatic carbocycles. The molecule has 5 rings (SSSR count). The van der Waals surface area contributed by atoms with Gasteiger partial charge in [0.2, 0.25) is 5.91 Å². The average molecular weight is 426 g/mol. The standard InChI is InChI=1S/C26H27N5O/c1-19-16-20(2)31(28-19)18-26(32)30-14-12-29(13-15-30)25-8-4-3-7-23(25)21-9-10-24-22(17-21)6-5-11-27-24/h3-11,16-17H,12-15,18H2,1-2H3. The monoisotopic (exact) mass is 425 g/mol. The SMILES string of the molecule is Cc1cc(C)n(CC(=O)N2CCN(c3ccccc3-c3ccc4ncccc4c3)CC2)n1. The third kappa shape index (κ3) is 3.96. The van der Waals surface area contributed by atoms with Gasteiger partial charge in [-0.2, -0.15) is 5.10 Å². The molecule has 0 unspecified atom stereocenters. The molecule has 1 amide bonds. The summed E-state index contributed by atoms with van der Waals surface area (Å²) in [5, 5.41) is 5.57. The number of carbonyl (C=O) groups excluding carboxylic acids is 1. The van der Waals surface area contributed by atoms with Gasteiger partial charge in [0.15, 0.2) is 0 Å². The fraction of sp³-hybridized carbons (Fsp3) is 0.269. The topological polar surface area (TPSA) is 54.3 Å². The molecule has 1 aliphatic heterocycles. The number of hydrogen-bond acceptors (Lipinski definition) is 4. The van der Waals surface area contributed by atoms with Crippen LogP contribution in [0.4, 0.5) is 5.69 Å². The van der Waals surface area contributed by atoms with E-state index in [9.17, 15) is 4.79 Å². The Hall–Kier alpha value is -3.67. The lowest BCUT2D eigenvalue weighted by atomic mass is 10.0. The smallest absolute Gasteiger partial charge is 0.244 e. The van der Waals surface area contributed by atoms with Crippen LogP contribution in [0.2, 0.25) is 0 Å². The number of benzene rings is 2. The molecular weight excluding hydrogens is 398 g/mol. The van der Waals surface area contributed by atoms with E-state index in [1.54, 1.807) is 4.68 Å². The van der Waals surface area contributed by atoms with Gasteiger partial charge in [-0.25, -0.2) is 0 Å². The van der Waals surface area contributed by atoms with Gasteiger partial charge in [0.05, 0.1) is 11.2 Å². The zero-order chi connectivity index (χ0) is 22.1. The molecule has 0 saturated carbocycles. The maximum Gasteiger partial charge on any atom is 0.244 e. The Kier molecular flexibility index (Phi) is 5.35.